The lowest BCUT2D eigenvalue weighted by Gasteiger charge is -2.21. The lowest BCUT2D eigenvalue weighted by molar-refractivity contribution is 0.596. The Bertz CT molecular complexity index is 699. The molecule has 2 aromatic rings. The van der Waals surface area contributed by atoms with Crippen LogP contribution >= 0.6 is 0 Å². The second-order valence-electron chi connectivity index (χ2n) is 7.46. The van der Waals surface area contributed by atoms with Crippen LogP contribution in [0.2, 0.25) is 0 Å². The van der Waals surface area contributed by atoms with Gasteiger partial charge in [0.05, 0.1) is 5.69 Å². The van der Waals surface area contributed by atoms with Crippen LogP contribution in [0, 0.1) is 19.8 Å². The van der Waals surface area contributed by atoms with Gasteiger partial charge >= 0.3 is 0 Å². The summed E-state index contributed by atoms with van der Waals surface area (Å²) in [4.78, 5) is 5.10. The average Bonchev–Trinajstić information content (AvgIpc) is 3.42. The Hall–Kier alpha value is -1.67. The van der Waals surface area contributed by atoms with Gasteiger partial charge in [-0.15, -0.1) is 0 Å². The summed E-state index contributed by atoms with van der Waals surface area (Å²) in [5.41, 5.74) is 13.7. The summed E-state index contributed by atoms with van der Waals surface area (Å²) in [5.74, 6) is 1.70. The molecule has 0 amide bonds. The summed E-state index contributed by atoms with van der Waals surface area (Å²) in [7, 11) is 0. The highest BCUT2D eigenvalue weighted by Gasteiger charge is 2.33. The predicted octanol–water partition coefficient (Wildman–Crippen LogP) is 5.33. The number of aromatic nitrogens is 1. The third-order valence-corrected chi connectivity index (χ3v) is 5.63. The topological polar surface area (TPSA) is 38.9 Å². The Labute approximate surface area is 146 Å². The normalized spacial score (nSPS) is 16.9. The third-order valence-electron chi connectivity index (χ3n) is 5.63. The molecule has 2 nitrogen and oxygen atoms in total. The molecule has 1 fully saturated rings. The first kappa shape index (κ1) is 17.2. The molecule has 0 bridgehead atoms. The van der Waals surface area contributed by atoms with Gasteiger partial charge in [-0.3, -0.25) is 4.98 Å². The van der Waals surface area contributed by atoms with Crippen molar-refractivity contribution in [2.75, 3.05) is 6.54 Å². The summed E-state index contributed by atoms with van der Waals surface area (Å²) >= 11 is 0. The number of rotatable bonds is 6. The molecule has 3 rings (SSSR count). The Kier molecular flexibility index (Phi) is 5.05. The zero-order valence-electron chi connectivity index (χ0n) is 15.5. The lowest BCUT2D eigenvalue weighted by atomic mass is 9.88. The molecule has 0 aliphatic heterocycles. The second-order valence-corrected chi connectivity index (χ2v) is 7.46. The minimum atomic E-state index is 0.414. The molecule has 1 aromatic carbocycles. The van der Waals surface area contributed by atoms with Crippen LogP contribution in [0.15, 0.2) is 30.3 Å². The second kappa shape index (κ2) is 7.06. The number of hydrogen-bond acceptors (Lipinski definition) is 2. The third kappa shape index (κ3) is 3.39. The van der Waals surface area contributed by atoms with E-state index in [0.717, 1.165) is 18.0 Å². The van der Waals surface area contributed by atoms with Crippen LogP contribution < -0.4 is 5.73 Å². The number of pyridine rings is 1. The van der Waals surface area contributed by atoms with Crippen molar-refractivity contribution in [2.24, 2.45) is 11.7 Å². The largest absolute Gasteiger partial charge is 0.330 e. The average molecular weight is 322 g/mol. The zero-order chi connectivity index (χ0) is 17.3. The van der Waals surface area contributed by atoms with Gasteiger partial charge in [-0.05, 0) is 62.1 Å². The molecular formula is C22H30N2. The minimum Gasteiger partial charge on any atom is -0.330 e. The maximum atomic E-state index is 6.11. The van der Waals surface area contributed by atoms with Crippen molar-refractivity contribution in [3.8, 4) is 11.3 Å². The molecular weight excluding hydrogens is 292 g/mol. The van der Waals surface area contributed by atoms with Gasteiger partial charge in [-0.25, -0.2) is 0 Å². The Morgan fingerprint density at radius 1 is 1.17 bits per heavy atom. The van der Waals surface area contributed by atoms with Crippen molar-refractivity contribution in [2.45, 2.75) is 58.8 Å². The van der Waals surface area contributed by atoms with Crippen LogP contribution in [0.1, 0.15) is 67.3 Å². The number of aryl methyl sites for hydroxylation is 1. The van der Waals surface area contributed by atoms with E-state index in [1.807, 2.05) is 0 Å². The lowest BCUT2D eigenvalue weighted by Crippen LogP contribution is -2.17. The zero-order valence-corrected chi connectivity index (χ0v) is 15.5. The first-order valence-corrected chi connectivity index (χ1v) is 9.33. The van der Waals surface area contributed by atoms with Crippen molar-refractivity contribution in [3.05, 3.63) is 52.7 Å². The molecule has 0 spiro atoms. The van der Waals surface area contributed by atoms with Gasteiger partial charge in [0, 0.05) is 23.7 Å². The summed E-state index contributed by atoms with van der Waals surface area (Å²) in [5, 5.41) is 0. The Balaban J connectivity index is 2.13. The summed E-state index contributed by atoms with van der Waals surface area (Å²) in [6.45, 7) is 9.63. The van der Waals surface area contributed by atoms with Crippen molar-refractivity contribution in [1.29, 1.82) is 0 Å². The fourth-order valence-electron chi connectivity index (χ4n) is 3.62. The van der Waals surface area contributed by atoms with Crippen molar-refractivity contribution >= 4 is 0 Å². The smallest absolute Gasteiger partial charge is 0.0737 e. The van der Waals surface area contributed by atoms with E-state index in [2.05, 4.69) is 58.0 Å². The first-order valence-electron chi connectivity index (χ1n) is 9.33. The van der Waals surface area contributed by atoms with Crippen LogP contribution in [0.5, 0.6) is 0 Å². The molecule has 1 aliphatic carbocycles. The maximum absolute atomic E-state index is 6.11. The predicted molar refractivity (Wildman–Crippen MR) is 102 cm³/mol. The molecule has 128 valence electrons. The van der Waals surface area contributed by atoms with Crippen molar-refractivity contribution < 1.29 is 0 Å². The van der Waals surface area contributed by atoms with Gasteiger partial charge in [0.1, 0.15) is 0 Å². The quantitative estimate of drug-likeness (QED) is 0.780. The number of hydrogen-bond donors (Lipinski definition) is 1. The molecule has 2 atom stereocenters. The van der Waals surface area contributed by atoms with E-state index in [4.69, 9.17) is 10.7 Å². The fourth-order valence-corrected chi connectivity index (χ4v) is 3.62. The van der Waals surface area contributed by atoms with E-state index < -0.39 is 0 Å². The van der Waals surface area contributed by atoms with Crippen molar-refractivity contribution in [1.82, 2.24) is 4.98 Å². The Morgan fingerprint density at radius 3 is 2.38 bits per heavy atom. The number of nitrogens with zero attached hydrogens (tertiary/aromatic N) is 1. The highest BCUT2D eigenvalue weighted by Crippen LogP contribution is 2.43. The van der Waals surface area contributed by atoms with Crippen LogP contribution in [0.4, 0.5) is 0 Å². The molecule has 0 saturated heterocycles. The van der Waals surface area contributed by atoms with Gasteiger partial charge in [-0.2, -0.15) is 0 Å². The highest BCUT2D eigenvalue weighted by atomic mass is 14.8. The number of benzene rings is 1. The van der Waals surface area contributed by atoms with Gasteiger partial charge in [0.25, 0.3) is 0 Å². The Morgan fingerprint density at radius 2 is 1.83 bits per heavy atom. The van der Waals surface area contributed by atoms with E-state index in [0.29, 0.717) is 18.4 Å². The van der Waals surface area contributed by atoms with E-state index in [9.17, 15) is 0 Å². The molecule has 2 heteroatoms. The summed E-state index contributed by atoms with van der Waals surface area (Å²) in [6, 6.07) is 11.1. The van der Waals surface area contributed by atoms with Crippen LogP contribution in [0.25, 0.3) is 11.3 Å². The van der Waals surface area contributed by atoms with Gasteiger partial charge in [0.2, 0.25) is 0 Å². The van der Waals surface area contributed by atoms with E-state index >= 15 is 0 Å². The van der Waals surface area contributed by atoms with Gasteiger partial charge < -0.3 is 5.73 Å². The molecule has 0 radical (unpaired) electrons. The molecule has 1 aliphatic rings. The first-order chi connectivity index (χ1) is 11.5. The van der Waals surface area contributed by atoms with Crippen LogP contribution in [-0.4, -0.2) is 11.5 Å². The van der Waals surface area contributed by atoms with Crippen molar-refractivity contribution in [3.63, 3.8) is 0 Å². The monoisotopic (exact) mass is 322 g/mol. The van der Waals surface area contributed by atoms with E-state index in [1.54, 1.807) is 0 Å². The standard InChI is InChI=1S/C22H30N2/c1-5-15(3)19-12-21(20(13-23)17-10-11-17)24-22(16(19)4)18-8-6-14(2)7-9-18/h6-9,12,15,17,20H,5,10-11,13,23H2,1-4H3. The molecule has 1 aromatic heterocycles. The van der Waals surface area contributed by atoms with Crippen LogP contribution in [-0.2, 0) is 0 Å². The fraction of sp³-hybridized carbons (Fsp3) is 0.500. The molecule has 1 heterocycles. The minimum absolute atomic E-state index is 0.414. The van der Waals surface area contributed by atoms with Gasteiger partial charge in [-0.1, -0.05) is 43.7 Å². The molecule has 2 N–H and O–H groups in total. The summed E-state index contributed by atoms with van der Waals surface area (Å²) < 4.78 is 0. The summed E-state index contributed by atoms with van der Waals surface area (Å²) in [6.07, 6.45) is 3.75. The SMILES string of the molecule is CCC(C)c1cc(C(CN)C2CC2)nc(-c2ccc(C)cc2)c1C. The van der Waals surface area contributed by atoms with E-state index in [1.165, 1.54) is 40.8 Å². The number of nitrogens with two attached hydrogens (primary N) is 1. The highest BCUT2D eigenvalue weighted by molar-refractivity contribution is 5.65. The van der Waals surface area contributed by atoms with Crippen LogP contribution in [0.3, 0.4) is 0 Å². The molecule has 24 heavy (non-hydrogen) atoms. The maximum Gasteiger partial charge on any atom is 0.0737 e. The van der Waals surface area contributed by atoms with Gasteiger partial charge in [0.15, 0.2) is 0 Å². The molecule has 2 unspecified atom stereocenters. The van der Waals surface area contributed by atoms with E-state index in [-0.39, 0.29) is 0 Å². The molecule has 1 saturated carbocycles.